The maximum Gasteiger partial charge on any atom is 0.271 e. The van der Waals surface area contributed by atoms with E-state index in [0.717, 1.165) is 9.54 Å². The van der Waals surface area contributed by atoms with Crippen LogP contribution in [0.3, 0.4) is 0 Å². The fourth-order valence-corrected chi connectivity index (χ4v) is 4.53. The number of aryl methyl sites for hydroxylation is 3. The molecule has 0 radical (unpaired) electrons. The fourth-order valence-electron chi connectivity index (χ4n) is 2.85. The van der Waals surface area contributed by atoms with Crippen molar-refractivity contribution in [2.75, 3.05) is 5.73 Å². The van der Waals surface area contributed by atoms with Crippen LogP contribution in [-0.2, 0) is 10.0 Å². The quantitative estimate of drug-likeness (QED) is 0.726. The first-order valence-electron chi connectivity index (χ1n) is 7.46. The van der Waals surface area contributed by atoms with Gasteiger partial charge < -0.3 is 5.73 Å². The molecule has 0 fully saturated rings. The van der Waals surface area contributed by atoms with Crippen molar-refractivity contribution in [2.45, 2.75) is 25.7 Å². The molecule has 0 amide bonds. The molecule has 0 unspecified atom stereocenters. The van der Waals surface area contributed by atoms with Crippen LogP contribution in [0.4, 0.5) is 5.69 Å². The molecule has 0 bridgehead atoms. The third kappa shape index (κ3) is 2.49. The number of nitrogens with zero attached hydrogens (tertiary/aromatic N) is 1. The van der Waals surface area contributed by atoms with E-state index in [0.29, 0.717) is 22.2 Å². The standard InChI is InChI=1S/C18H18N2O3S/c1-11-4-7-17(12(2)8-11)24(22,23)20-16-10-15(19)6-5-14(16)9-13(3)18(20)21/h4-10H,19H2,1-3H3. The molecule has 3 rings (SSSR count). The van der Waals surface area contributed by atoms with Gasteiger partial charge in [-0.2, -0.15) is 3.97 Å². The molecule has 0 saturated heterocycles. The molecule has 0 spiro atoms. The topological polar surface area (TPSA) is 82.2 Å². The summed E-state index contributed by atoms with van der Waals surface area (Å²) < 4.78 is 27.2. The average molecular weight is 342 g/mol. The lowest BCUT2D eigenvalue weighted by atomic mass is 10.1. The molecule has 0 atom stereocenters. The maximum absolute atomic E-state index is 13.2. The molecule has 1 aromatic heterocycles. The highest BCUT2D eigenvalue weighted by Gasteiger charge is 2.24. The number of aromatic nitrogens is 1. The number of anilines is 1. The second-order valence-corrected chi connectivity index (χ2v) is 7.74. The number of nitrogen functional groups attached to an aromatic ring is 1. The zero-order chi connectivity index (χ0) is 17.6. The highest BCUT2D eigenvalue weighted by atomic mass is 32.2. The van der Waals surface area contributed by atoms with Crippen LogP contribution in [0.2, 0.25) is 0 Å². The van der Waals surface area contributed by atoms with Crippen molar-refractivity contribution >= 4 is 26.6 Å². The fraction of sp³-hybridized carbons (Fsp3) is 0.167. The highest BCUT2D eigenvalue weighted by molar-refractivity contribution is 7.90. The Hall–Kier alpha value is -2.60. The van der Waals surface area contributed by atoms with E-state index in [-0.39, 0.29) is 10.4 Å². The molecule has 1 heterocycles. The van der Waals surface area contributed by atoms with Gasteiger partial charge in [-0.1, -0.05) is 23.8 Å². The summed E-state index contributed by atoms with van der Waals surface area (Å²) in [6, 6.07) is 11.6. The van der Waals surface area contributed by atoms with Crippen LogP contribution >= 0.6 is 0 Å². The second-order valence-electron chi connectivity index (χ2n) is 5.99. The zero-order valence-electron chi connectivity index (χ0n) is 13.7. The van der Waals surface area contributed by atoms with Crippen molar-refractivity contribution in [2.24, 2.45) is 0 Å². The molecule has 3 aromatic rings. The molecule has 0 aliphatic heterocycles. The minimum atomic E-state index is -4.03. The number of pyridine rings is 1. The molecular formula is C18H18N2O3S. The van der Waals surface area contributed by atoms with Gasteiger partial charge in [-0.15, -0.1) is 0 Å². The summed E-state index contributed by atoms with van der Waals surface area (Å²) in [7, 11) is -4.03. The van der Waals surface area contributed by atoms with Crippen molar-refractivity contribution in [3.8, 4) is 0 Å². The first kappa shape index (κ1) is 16.3. The summed E-state index contributed by atoms with van der Waals surface area (Å²) in [5.41, 5.74) is 7.84. The summed E-state index contributed by atoms with van der Waals surface area (Å²) in [6.45, 7) is 5.21. The number of rotatable bonds is 2. The van der Waals surface area contributed by atoms with Gasteiger partial charge in [-0.05, 0) is 56.0 Å². The molecule has 2 aromatic carbocycles. The molecule has 2 N–H and O–H groups in total. The van der Waals surface area contributed by atoms with E-state index in [1.165, 1.54) is 12.1 Å². The number of fused-ring (bicyclic) bond motifs is 1. The Bertz CT molecular complexity index is 1130. The van der Waals surface area contributed by atoms with E-state index >= 15 is 0 Å². The number of benzene rings is 2. The molecule has 124 valence electrons. The summed E-state index contributed by atoms with van der Waals surface area (Å²) in [6.07, 6.45) is 0. The van der Waals surface area contributed by atoms with Crippen molar-refractivity contribution in [1.29, 1.82) is 0 Å². The molecule has 24 heavy (non-hydrogen) atoms. The Morgan fingerprint density at radius 2 is 1.62 bits per heavy atom. The van der Waals surface area contributed by atoms with E-state index in [9.17, 15) is 13.2 Å². The van der Waals surface area contributed by atoms with Crippen molar-refractivity contribution in [3.05, 3.63) is 69.5 Å². The predicted octanol–water partition coefficient (Wildman–Crippen LogP) is 2.75. The third-order valence-corrected chi connectivity index (χ3v) is 5.87. The first-order chi connectivity index (χ1) is 11.2. The minimum absolute atomic E-state index is 0.115. The second kappa shape index (κ2) is 5.49. The Kier molecular flexibility index (Phi) is 3.72. The Labute approximate surface area is 140 Å². The lowest BCUT2D eigenvalue weighted by Gasteiger charge is -2.15. The SMILES string of the molecule is Cc1ccc(S(=O)(=O)n2c(=O)c(C)cc3ccc(N)cc32)c(C)c1. The summed E-state index contributed by atoms with van der Waals surface area (Å²) in [4.78, 5) is 12.8. The van der Waals surface area contributed by atoms with Crippen LogP contribution in [0.5, 0.6) is 0 Å². The van der Waals surface area contributed by atoms with Gasteiger partial charge in [-0.25, -0.2) is 8.42 Å². The highest BCUT2D eigenvalue weighted by Crippen LogP contribution is 2.24. The van der Waals surface area contributed by atoms with Gasteiger partial charge >= 0.3 is 0 Å². The van der Waals surface area contributed by atoms with Gasteiger partial charge in [0.1, 0.15) is 0 Å². The minimum Gasteiger partial charge on any atom is -0.399 e. The molecule has 6 heteroatoms. The zero-order valence-corrected chi connectivity index (χ0v) is 14.5. The van der Waals surface area contributed by atoms with Crippen molar-refractivity contribution in [1.82, 2.24) is 3.97 Å². The van der Waals surface area contributed by atoms with Crippen LogP contribution in [0, 0.1) is 20.8 Å². The normalized spacial score (nSPS) is 11.8. The number of hydrogen-bond acceptors (Lipinski definition) is 4. The summed E-state index contributed by atoms with van der Waals surface area (Å²) in [5, 5.41) is 0.648. The van der Waals surface area contributed by atoms with E-state index < -0.39 is 15.6 Å². The van der Waals surface area contributed by atoms with Crippen LogP contribution < -0.4 is 11.3 Å². The van der Waals surface area contributed by atoms with Gasteiger partial charge in [0, 0.05) is 11.3 Å². The molecule has 0 aliphatic rings. The smallest absolute Gasteiger partial charge is 0.271 e. The van der Waals surface area contributed by atoms with Crippen LogP contribution in [0.1, 0.15) is 16.7 Å². The van der Waals surface area contributed by atoms with Crippen molar-refractivity contribution in [3.63, 3.8) is 0 Å². The predicted molar refractivity (Wildman–Crippen MR) is 95.9 cm³/mol. The van der Waals surface area contributed by atoms with E-state index in [1.54, 1.807) is 44.2 Å². The molecule has 5 nitrogen and oxygen atoms in total. The Balaban J connectivity index is 2.46. The van der Waals surface area contributed by atoms with Crippen LogP contribution in [0.15, 0.2) is 52.2 Å². The van der Waals surface area contributed by atoms with Crippen LogP contribution in [-0.4, -0.2) is 12.4 Å². The van der Waals surface area contributed by atoms with Gasteiger partial charge in [0.25, 0.3) is 15.6 Å². The maximum atomic E-state index is 13.2. The Morgan fingerprint density at radius 1 is 0.917 bits per heavy atom. The van der Waals surface area contributed by atoms with Gasteiger partial charge in [0.2, 0.25) is 0 Å². The lowest BCUT2D eigenvalue weighted by molar-refractivity contribution is 0.586. The van der Waals surface area contributed by atoms with Gasteiger partial charge in [-0.3, -0.25) is 4.79 Å². The molecular weight excluding hydrogens is 324 g/mol. The number of hydrogen-bond donors (Lipinski definition) is 1. The third-order valence-electron chi connectivity index (χ3n) is 4.02. The summed E-state index contributed by atoms with van der Waals surface area (Å²) in [5.74, 6) is 0. The van der Waals surface area contributed by atoms with Crippen molar-refractivity contribution < 1.29 is 8.42 Å². The van der Waals surface area contributed by atoms with Gasteiger partial charge in [0.15, 0.2) is 0 Å². The van der Waals surface area contributed by atoms with E-state index in [1.807, 2.05) is 6.92 Å². The van der Waals surface area contributed by atoms with E-state index in [4.69, 9.17) is 5.73 Å². The lowest BCUT2D eigenvalue weighted by Crippen LogP contribution is -2.29. The molecule has 0 saturated carbocycles. The Morgan fingerprint density at radius 3 is 2.29 bits per heavy atom. The number of nitrogens with two attached hydrogens (primary N) is 1. The largest absolute Gasteiger partial charge is 0.399 e. The monoisotopic (exact) mass is 342 g/mol. The van der Waals surface area contributed by atoms with Crippen LogP contribution in [0.25, 0.3) is 10.9 Å². The average Bonchev–Trinajstić information content (AvgIpc) is 2.48. The molecule has 0 aliphatic carbocycles. The van der Waals surface area contributed by atoms with Gasteiger partial charge in [0.05, 0.1) is 10.4 Å². The van der Waals surface area contributed by atoms with E-state index in [2.05, 4.69) is 0 Å². The first-order valence-corrected chi connectivity index (χ1v) is 8.90. The summed E-state index contributed by atoms with van der Waals surface area (Å²) >= 11 is 0.